The predicted molar refractivity (Wildman–Crippen MR) is 69.9 cm³/mol. The zero-order chi connectivity index (χ0) is 14.2. The van der Waals surface area contributed by atoms with Gasteiger partial charge in [-0.25, -0.2) is 9.59 Å². The van der Waals surface area contributed by atoms with Gasteiger partial charge in [-0.3, -0.25) is 0 Å². The van der Waals surface area contributed by atoms with E-state index in [-0.39, 0.29) is 24.5 Å². The van der Waals surface area contributed by atoms with Crippen LogP contribution in [0, 0.1) is 11.3 Å². The molecule has 0 aliphatic heterocycles. The summed E-state index contributed by atoms with van der Waals surface area (Å²) in [6, 6.07) is 0. The number of hydrogen-bond acceptors (Lipinski definition) is 4. The van der Waals surface area contributed by atoms with Crippen molar-refractivity contribution in [1.29, 1.82) is 0 Å². The zero-order valence-electron chi connectivity index (χ0n) is 11.4. The van der Waals surface area contributed by atoms with Crippen LogP contribution >= 0.6 is 0 Å². The second-order valence-corrected chi connectivity index (χ2v) is 4.49. The SMILES string of the molecule is C=CC(=O)OCC(CC)(COC(=O)C=C)C(C)C. The van der Waals surface area contributed by atoms with Crippen LogP contribution in [0.1, 0.15) is 27.2 Å². The largest absolute Gasteiger partial charge is 0.462 e. The van der Waals surface area contributed by atoms with Gasteiger partial charge in [0.25, 0.3) is 0 Å². The van der Waals surface area contributed by atoms with Crippen molar-refractivity contribution in [2.24, 2.45) is 11.3 Å². The molecule has 0 saturated heterocycles. The molecule has 18 heavy (non-hydrogen) atoms. The Morgan fingerprint density at radius 1 is 1.11 bits per heavy atom. The van der Waals surface area contributed by atoms with E-state index in [0.29, 0.717) is 0 Å². The molecule has 0 atom stereocenters. The first-order valence-electron chi connectivity index (χ1n) is 6.00. The van der Waals surface area contributed by atoms with E-state index in [9.17, 15) is 9.59 Å². The lowest BCUT2D eigenvalue weighted by atomic mass is 9.76. The second kappa shape index (κ2) is 7.69. The van der Waals surface area contributed by atoms with Gasteiger partial charge in [0.05, 0.1) is 0 Å². The van der Waals surface area contributed by atoms with E-state index in [0.717, 1.165) is 18.6 Å². The van der Waals surface area contributed by atoms with E-state index in [1.54, 1.807) is 0 Å². The highest BCUT2D eigenvalue weighted by molar-refractivity contribution is 5.81. The lowest BCUT2D eigenvalue weighted by Crippen LogP contribution is -2.38. The summed E-state index contributed by atoms with van der Waals surface area (Å²) in [5.74, 6) is -0.732. The average molecular weight is 254 g/mol. The van der Waals surface area contributed by atoms with Crippen molar-refractivity contribution in [2.75, 3.05) is 13.2 Å². The number of carbonyl (C=O) groups excluding carboxylic acids is 2. The highest BCUT2D eigenvalue weighted by Crippen LogP contribution is 2.32. The van der Waals surface area contributed by atoms with Crippen molar-refractivity contribution < 1.29 is 19.1 Å². The lowest BCUT2D eigenvalue weighted by molar-refractivity contribution is -0.150. The van der Waals surface area contributed by atoms with Crippen LogP contribution in [0.25, 0.3) is 0 Å². The first kappa shape index (κ1) is 16.4. The molecule has 102 valence electrons. The van der Waals surface area contributed by atoms with Gasteiger partial charge in [-0.15, -0.1) is 0 Å². The van der Waals surface area contributed by atoms with Gasteiger partial charge < -0.3 is 9.47 Å². The molecule has 0 bridgehead atoms. The highest BCUT2D eigenvalue weighted by Gasteiger charge is 2.35. The van der Waals surface area contributed by atoms with Gasteiger partial charge in [-0.05, 0) is 12.3 Å². The molecule has 4 heteroatoms. The van der Waals surface area contributed by atoms with Crippen LogP contribution in [0.15, 0.2) is 25.3 Å². The van der Waals surface area contributed by atoms with Crippen LogP contribution in [-0.2, 0) is 19.1 Å². The third-order valence-electron chi connectivity index (χ3n) is 3.27. The summed E-state index contributed by atoms with van der Waals surface area (Å²) in [5, 5.41) is 0. The molecule has 0 spiro atoms. The molecule has 0 aromatic rings. The number of hydrogen-bond donors (Lipinski definition) is 0. The Kier molecular flexibility index (Phi) is 7.01. The molecule has 0 aliphatic rings. The third-order valence-corrected chi connectivity index (χ3v) is 3.27. The summed E-state index contributed by atoms with van der Waals surface area (Å²) in [6.07, 6.45) is 2.98. The van der Waals surface area contributed by atoms with Crippen molar-refractivity contribution in [3.63, 3.8) is 0 Å². The summed E-state index contributed by atoms with van der Waals surface area (Å²) in [6.45, 7) is 13.1. The Bertz CT molecular complexity index is 294. The zero-order valence-corrected chi connectivity index (χ0v) is 11.4. The summed E-state index contributed by atoms with van der Waals surface area (Å²) >= 11 is 0. The maximum Gasteiger partial charge on any atom is 0.330 e. The van der Waals surface area contributed by atoms with Crippen molar-refractivity contribution >= 4 is 11.9 Å². The Morgan fingerprint density at radius 2 is 1.50 bits per heavy atom. The van der Waals surface area contributed by atoms with Gasteiger partial charge in [0.1, 0.15) is 13.2 Å². The smallest absolute Gasteiger partial charge is 0.330 e. The van der Waals surface area contributed by atoms with E-state index in [1.807, 2.05) is 20.8 Å². The Labute approximate surface area is 109 Å². The van der Waals surface area contributed by atoms with Gasteiger partial charge in [0.2, 0.25) is 0 Å². The van der Waals surface area contributed by atoms with Crippen LogP contribution in [-0.4, -0.2) is 25.2 Å². The molecule has 0 radical (unpaired) electrons. The van der Waals surface area contributed by atoms with E-state index < -0.39 is 11.9 Å². The minimum Gasteiger partial charge on any atom is -0.462 e. The maximum absolute atomic E-state index is 11.1. The molecule has 0 aromatic heterocycles. The van der Waals surface area contributed by atoms with E-state index in [4.69, 9.17) is 9.47 Å². The summed E-state index contributed by atoms with van der Waals surface area (Å²) in [5.41, 5.74) is -0.378. The van der Waals surface area contributed by atoms with Crippen LogP contribution in [0.3, 0.4) is 0 Å². The Balaban J connectivity index is 4.70. The first-order valence-corrected chi connectivity index (χ1v) is 6.00. The van der Waals surface area contributed by atoms with Gasteiger partial charge in [0, 0.05) is 17.6 Å². The van der Waals surface area contributed by atoms with Crippen molar-refractivity contribution in [2.45, 2.75) is 27.2 Å². The third kappa shape index (κ3) is 4.73. The van der Waals surface area contributed by atoms with E-state index in [2.05, 4.69) is 13.2 Å². The topological polar surface area (TPSA) is 52.6 Å². The summed E-state index contributed by atoms with van der Waals surface area (Å²) in [4.78, 5) is 22.3. The number of ether oxygens (including phenoxy) is 2. The second-order valence-electron chi connectivity index (χ2n) is 4.49. The number of rotatable bonds is 8. The highest BCUT2D eigenvalue weighted by atomic mass is 16.5. The van der Waals surface area contributed by atoms with Gasteiger partial charge in [0.15, 0.2) is 0 Å². The van der Waals surface area contributed by atoms with E-state index in [1.165, 1.54) is 0 Å². The predicted octanol–water partition coefficient (Wildman–Crippen LogP) is 2.50. The van der Waals surface area contributed by atoms with Gasteiger partial charge >= 0.3 is 11.9 Å². The fourth-order valence-corrected chi connectivity index (χ4v) is 1.53. The van der Waals surface area contributed by atoms with Gasteiger partial charge in [-0.2, -0.15) is 0 Å². The maximum atomic E-state index is 11.1. The van der Waals surface area contributed by atoms with Crippen molar-refractivity contribution in [3.05, 3.63) is 25.3 Å². The monoisotopic (exact) mass is 254 g/mol. The summed E-state index contributed by atoms with van der Waals surface area (Å²) < 4.78 is 10.2. The minimum absolute atomic E-state index is 0.205. The molecule has 0 saturated carbocycles. The normalized spacial score (nSPS) is 10.9. The van der Waals surface area contributed by atoms with Crippen LogP contribution in [0.4, 0.5) is 0 Å². The molecular weight excluding hydrogens is 232 g/mol. The Hall–Kier alpha value is -1.58. The molecule has 4 nitrogen and oxygen atoms in total. The lowest BCUT2D eigenvalue weighted by Gasteiger charge is -2.35. The van der Waals surface area contributed by atoms with Crippen molar-refractivity contribution in [1.82, 2.24) is 0 Å². The molecular formula is C14H22O4. The molecule has 0 rings (SSSR count). The van der Waals surface area contributed by atoms with Crippen LogP contribution < -0.4 is 0 Å². The number of esters is 2. The number of carbonyl (C=O) groups is 2. The molecule has 0 aliphatic carbocycles. The van der Waals surface area contributed by atoms with Crippen molar-refractivity contribution in [3.8, 4) is 0 Å². The van der Waals surface area contributed by atoms with E-state index >= 15 is 0 Å². The average Bonchev–Trinajstić information content (AvgIpc) is 2.38. The quantitative estimate of drug-likeness (QED) is 0.493. The molecule has 0 N–H and O–H groups in total. The molecule has 0 fully saturated rings. The van der Waals surface area contributed by atoms with Crippen LogP contribution in [0.2, 0.25) is 0 Å². The standard InChI is InChI=1S/C14H22O4/c1-6-12(15)17-9-14(8-3,11(4)5)10-18-13(16)7-2/h6-7,11H,1-2,8-10H2,3-5H3. The molecule has 0 amide bonds. The summed E-state index contributed by atoms with van der Waals surface area (Å²) in [7, 11) is 0. The first-order chi connectivity index (χ1) is 8.41. The van der Waals surface area contributed by atoms with Gasteiger partial charge in [-0.1, -0.05) is 33.9 Å². The fraction of sp³-hybridized carbons (Fsp3) is 0.571. The van der Waals surface area contributed by atoms with Crippen LogP contribution in [0.5, 0.6) is 0 Å². The fourth-order valence-electron chi connectivity index (χ4n) is 1.53. The minimum atomic E-state index is -0.469. The molecule has 0 heterocycles. The molecule has 0 unspecified atom stereocenters. The molecule has 0 aromatic carbocycles. The Morgan fingerprint density at radius 3 is 1.72 bits per heavy atom.